The average Bonchev–Trinajstić information content (AvgIpc) is 3.10. The van der Waals surface area contributed by atoms with E-state index in [1.165, 1.54) is 7.11 Å². The Bertz CT molecular complexity index is 597. The Morgan fingerprint density at radius 2 is 1.96 bits per heavy atom. The van der Waals surface area contributed by atoms with Gasteiger partial charge >= 0.3 is 12.1 Å². The second-order valence-electron chi connectivity index (χ2n) is 5.80. The zero-order valence-corrected chi connectivity index (χ0v) is 19.2. The highest BCUT2D eigenvalue weighted by Crippen LogP contribution is 2.29. The molecule has 0 aliphatic rings. The number of ether oxygens (including phenoxy) is 1. The number of carbonyl (C=O) groups is 1. The van der Waals surface area contributed by atoms with E-state index in [2.05, 4.69) is 25.3 Å². The number of hydrogen-bond acceptors (Lipinski definition) is 5. The number of carbonyl (C=O) groups excluding carboxylic acids is 1. The Morgan fingerprint density at radius 3 is 2.57 bits per heavy atom. The lowest BCUT2D eigenvalue weighted by Crippen LogP contribution is -2.38. The Hall–Kier alpha value is -1.11. The van der Waals surface area contributed by atoms with Gasteiger partial charge in [-0.3, -0.25) is 9.79 Å². The first-order valence-corrected chi connectivity index (χ1v) is 9.85. The van der Waals surface area contributed by atoms with E-state index in [0.717, 1.165) is 42.4 Å². The number of aromatic nitrogens is 1. The third-order valence-corrected chi connectivity index (χ3v) is 4.51. The molecule has 0 radical (unpaired) electrons. The van der Waals surface area contributed by atoms with Crippen molar-refractivity contribution in [3.8, 4) is 0 Å². The van der Waals surface area contributed by atoms with Crippen molar-refractivity contribution in [3.05, 3.63) is 16.1 Å². The fourth-order valence-corrected chi connectivity index (χ4v) is 3.02. The minimum absolute atomic E-state index is 0. The lowest BCUT2D eigenvalue weighted by molar-refractivity contribution is -0.141. The van der Waals surface area contributed by atoms with E-state index in [1.807, 2.05) is 6.92 Å². The largest absolute Gasteiger partial charge is 0.469 e. The van der Waals surface area contributed by atoms with Crippen LogP contribution in [0.15, 0.2) is 10.4 Å². The topological polar surface area (TPSA) is 75.6 Å². The number of rotatable bonds is 11. The van der Waals surface area contributed by atoms with Gasteiger partial charge in [-0.05, 0) is 19.8 Å². The molecule has 0 unspecified atom stereocenters. The van der Waals surface area contributed by atoms with Crippen LogP contribution in [-0.2, 0) is 22.1 Å². The molecule has 1 aromatic heterocycles. The first kappa shape index (κ1) is 26.9. The molecule has 0 atom stereocenters. The summed E-state index contributed by atoms with van der Waals surface area (Å²) < 4.78 is 42.2. The number of nitrogens with zero attached hydrogens (tertiary/aromatic N) is 2. The summed E-state index contributed by atoms with van der Waals surface area (Å²) in [6.45, 7) is 3.74. The van der Waals surface area contributed by atoms with Crippen molar-refractivity contribution in [2.45, 2.75) is 51.6 Å². The monoisotopic (exact) mass is 536 g/mol. The summed E-state index contributed by atoms with van der Waals surface area (Å²) in [5, 5.41) is 7.69. The maximum atomic E-state index is 12.5. The highest BCUT2D eigenvalue weighted by atomic mass is 127. The number of hydrogen-bond donors (Lipinski definition) is 2. The van der Waals surface area contributed by atoms with Gasteiger partial charge in [0.2, 0.25) is 0 Å². The lowest BCUT2D eigenvalue weighted by atomic mass is 10.1. The molecule has 28 heavy (non-hydrogen) atoms. The molecule has 162 valence electrons. The number of alkyl halides is 3. The van der Waals surface area contributed by atoms with Gasteiger partial charge in [0.05, 0.1) is 12.1 Å². The molecular formula is C17H28F3IN4O2S. The molecule has 0 bridgehead atoms. The number of halogens is 4. The first-order chi connectivity index (χ1) is 12.9. The molecule has 0 aliphatic heterocycles. The summed E-state index contributed by atoms with van der Waals surface area (Å²) in [6.07, 6.45) is 0.0753. The van der Waals surface area contributed by atoms with E-state index in [1.54, 1.807) is 0 Å². The number of aliphatic imine (C=N–C) groups is 1. The van der Waals surface area contributed by atoms with E-state index in [0.29, 0.717) is 43.4 Å². The van der Waals surface area contributed by atoms with Crippen molar-refractivity contribution in [2.75, 3.05) is 26.7 Å². The Balaban J connectivity index is 0.00000729. The lowest BCUT2D eigenvalue weighted by Gasteiger charge is -2.10. The second-order valence-corrected chi connectivity index (χ2v) is 6.74. The maximum absolute atomic E-state index is 12.5. The van der Waals surface area contributed by atoms with Crippen LogP contribution in [0.3, 0.4) is 0 Å². The second kappa shape index (κ2) is 14.8. The molecule has 0 amide bonds. The summed E-state index contributed by atoms with van der Waals surface area (Å²) in [4.78, 5) is 19.0. The Labute approximate surface area is 184 Å². The molecular weight excluding hydrogens is 508 g/mol. The predicted octanol–water partition coefficient (Wildman–Crippen LogP) is 4.00. The van der Waals surface area contributed by atoms with Gasteiger partial charge < -0.3 is 15.4 Å². The first-order valence-electron chi connectivity index (χ1n) is 8.97. The number of unbranched alkanes of at least 4 members (excludes halogenated alkanes) is 3. The van der Waals surface area contributed by atoms with Crippen molar-refractivity contribution in [1.82, 2.24) is 15.6 Å². The van der Waals surface area contributed by atoms with Crippen LogP contribution in [0.1, 0.15) is 49.7 Å². The molecule has 0 saturated heterocycles. The van der Waals surface area contributed by atoms with Gasteiger partial charge in [0.15, 0.2) is 11.7 Å². The highest BCUT2D eigenvalue weighted by Gasteiger charge is 2.33. The van der Waals surface area contributed by atoms with Crippen LogP contribution in [0, 0.1) is 0 Å². The zero-order valence-electron chi connectivity index (χ0n) is 16.1. The van der Waals surface area contributed by atoms with E-state index in [9.17, 15) is 18.0 Å². The molecule has 1 heterocycles. The van der Waals surface area contributed by atoms with Crippen LogP contribution in [0.5, 0.6) is 0 Å². The zero-order chi connectivity index (χ0) is 20.1. The van der Waals surface area contributed by atoms with Gasteiger partial charge in [0.25, 0.3) is 0 Å². The van der Waals surface area contributed by atoms with Crippen LogP contribution < -0.4 is 10.6 Å². The van der Waals surface area contributed by atoms with Gasteiger partial charge in [0.1, 0.15) is 0 Å². The van der Waals surface area contributed by atoms with Crippen LogP contribution >= 0.6 is 35.3 Å². The molecule has 11 heteroatoms. The highest BCUT2D eigenvalue weighted by molar-refractivity contribution is 14.0. The SMILES string of the molecule is CCNC(=NCCCCCCC(=O)OC)NCCc1nc(C(F)(F)F)cs1.I. The van der Waals surface area contributed by atoms with Crippen LogP contribution in [0.2, 0.25) is 0 Å². The van der Waals surface area contributed by atoms with E-state index >= 15 is 0 Å². The standard InChI is InChI=1S/C17H27F3N4O2S.HI/c1-3-21-16(22-10-7-5-4-6-8-15(25)26-2)23-11-9-14-24-13(12-27-14)17(18,19)20;/h12H,3-11H2,1-2H3,(H2,21,22,23);1H. The molecule has 1 rings (SSSR count). The van der Waals surface area contributed by atoms with Crippen LogP contribution in [0.4, 0.5) is 13.2 Å². The number of thiazole rings is 1. The van der Waals surface area contributed by atoms with E-state index in [-0.39, 0.29) is 29.9 Å². The molecule has 0 fully saturated rings. The maximum Gasteiger partial charge on any atom is 0.434 e. The molecule has 6 nitrogen and oxygen atoms in total. The summed E-state index contributed by atoms with van der Waals surface area (Å²) in [7, 11) is 1.38. The van der Waals surface area contributed by atoms with E-state index < -0.39 is 11.9 Å². The molecule has 0 aliphatic carbocycles. The fourth-order valence-electron chi connectivity index (χ4n) is 2.21. The van der Waals surface area contributed by atoms with Crippen molar-refractivity contribution >= 4 is 47.2 Å². The molecule has 1 aromatic rings. The smallest absolute Gasteiger partial charge is 0.434 e. The fraction of sp³-hybridized carbons (Fsp3) is 0.706. The number of esters is 1. The van der Waals surface area contributed by atoms with Gasteiger partial charge in [-0.2, -0.15) is 13.2 Å². The normalized spacial score (nSPS) is 11.7. The van der Waals surface area contributed by atoms with Gasteiger partial charge in [0, 0.05) is 37.9 Å². The van der Waals surface area contributed by atoms with Crippen molar-refractivity contribution < 1.29 is 22.7 Å². The molecule has 2 N–H and O–H groups in total. The van der Waals surface area contributed by atoms with Gasteiger partial charge in [-0.1, -0.05) is 12.8 Å². The third kappa shape index (κ3) is 11.7. The number of methoxy groups -OCH3 is 1. The van der Waals surface area contributed by atoms with Crippen molar-refractivity contribution in [1.29, 1.82) is 0 Å². The molecule has 0 saturated carbocycles. The Kier molecular flexibility index (Phi) is 14.2. The molecule has 0 aromatic carbocycles. The number of guanidine groups is 1. The van der Waals surface area contributed by atoms with Crippen molar-refractivity contribution in [3.63, 3.8) is 0 Å². The quantitative estimate of drug-likeness (QED) is 0.147. The number of nitrogens with one attached hydrogen (secondary N) is 2. The predicted molar refractivity (Wildman–Crippen MR) is 115 cm³/mol. The summed E-state index contributed by atoms with van der Waals surface area (Å²) >= 11 is 1.01. The average molecular weight is 536 g/mol. The summed E-state index contributed by atoms with van der Waals surface area (Å²) in [5.74, 6) is 0.453. The van der Waals surface area contributed by atoms with Crippen LogP contribution in [-0.4, -0.2) is 43.7 Å². The van der Waals surface area contributed by atoms with Crippen molar-refractivity contribution in [2.24, 2.45) is 4.99 Å². The third-order valence-electron chi connectivity index (χ3n) is 3.60. The Morgan fingerprint density at radius 1 is 1.25 bits per heavy atom. The summed E-state index contributed by atoms with van der Waals surface area (Å²) in [6, 6.07) is 0. The minimum atomic E-state index is -4.39. The minimum Gasteiger partial charge on any atom is -0.469 e. The van der Waals surface area contributed by atoms with Gasteiger partial charge in [-0.15, -0.1) is 35.3 Å². The van der Waals surface area contributed by atoms with Crippen LogP contribution in [0.25, 0.3) is 0 Å². The van der Waals surface area contributed by atoms with E-state index in [4.69, 9.17) is 0 Å². The van der Waals surface area contributed by atoms with Gasteiger partial charge in [-0.25, -0.2) is 4.98 Å². The molecule has 0 spiro atoms. The summed E-state index contributed by atoms with van der Waals surface area (Å²) in [5.41, 5.74) is -0.838.